The molecule has 0 saturated heterocycles. The molecule has 0 spiro atoms. The molecular weight excluding hydrogens is 278 g/mol. The van der Waals surface area contributed by atoms with Gasteiger partial charge in [0.05, 0.1) is 11.7 Å². The molecule has 5 heteroatoms. The Balaban J connectivity index is 2.21. The fraction of sp³-hybridized carbons (Fsp3) is 0.412. The third kappa shape index (κ3) is 3.36. The summed E-state index contributed by atoms with van der Waals surface area (Å²) in [5.41, 5.74) is 2.40. The first-order valence-electron chi connectivity index (χ1n) is 7.48. The average Bonchev–Trinajstić information content (AvgIpc) is 2.80. The van der Waals surface area contributed by atoms with E-state index < -0.39 is 6.10 Å². The Kier molecular flexibility index (Phi) is 4.98. The van der Waals surface area contributed by atoms with Gasteiger partial charge in [0.2, 0.25) is 0 Å². The first-order chi connectivity index (χ1) is 10.4. The lowest BCUT2D eigenvalue weighted by molar-refractivity contribution is 0.0871. The van der Waals surface area contributed by atoms with Crippen LogP contribution in [0.25, 0.3) is 5.82 Å². The van der Waals surface area contributed by atoms with Crippen molar-refractivity contribution in [2.45, 2.75) is 33.8 Å². The lowest BCUT2D eigenvalue weighted by Gasteiger charge is -2.15. The number of hydrogen-bond acceptors (Lipinski definition) is 3. The van der Waals surface area contributed by atoms with E-state index in [1.165, 1.54) is 0 Å². The van der Waals surface area contributed by atoms with Gasteiger partial charge in [0.15, 0.2) is 0 Å². The second-order valence-electron chi connectivity index (χ2n) is 5.83. The average molecular weight is 301 g/mol. The van der Waals surface area contributed by atoms with E-state index >= 15 is 0 Å². The van der Waals surface area contributed by atoms with E-state index in [0.717, 1.165) is 17.2 Å². The van der Waals surface area contributed by atoms with E-state index in [4.69, 9.17) is 0 Å². The summed E-state index contributed by atoms with van der Waals surface area (Å²) in [6.45, 7) is 7.94. The maximum Gasteiger partial charge on any atom is 0.253 e. The van der Waals surface area contributed by atoms with Gasteiger partial charge in [-0.3, -0.25) is 4.79 Å². The number of aliphatic hydroxyl groups is 1. The number of nitrogens with zero attached hydrogens (tertiary/aromatic N) is 2. The number of aliphatic hydroxyl groups excluding tert-OH is 1. The molecule has 0 fully saturated rings. The molecule has 2 aromatic heterocycles. The number of hydrogen-bond donors (Lipinski definition) is 2. The lowest BCUT2D eigenvalue weighted by Crippen LogP contribution is -2.34. The summed E-state index contributed by atoms with van der Waals surface area (Å²) < 4.78 is 1.95. The second kappa shape index (κ2) is 6.75. The number of rotatable bonds is 5. The van der Waals surface area contributed by atoms with Gasteiger partial charge in [0, 0.05) is 24.1 Å². The van der Waals surface area contributed by atoms with Crippen molar-refractivity contribution in [2.75, 3.05) is 6.54 Å². The molecule has 1 atom stereocenters. The van der Waals surface area contributed by atoms with E-state index in [9.17, 15) is 9.90 Å². The highest BCUT2D eigenvalue weighted by Crippen LogP contribution is 2.19. The van der Waals surface area contributed by atoms with Crippen LogP contribution in [-0.4, -0.2) is 33.2 Å². The van der Waals surface area contributed by atoms with Crippen LogP contribution in [0.5, 0.6) is 0 Å². The first kappa shape index (κ1) is 16.2. The fourth-order valence-electron chi connectivity index (χ4n) is 2.36. The molecule has 2 aromatic rings. The number of carbonyl (C=O) groups is 1. The topological polar surface area (TPSA) is 67.2 Å². The third-order valence-electron chi connectivity index (χ3n) is 3.80. The molecule has 0 aliphatic heterocycles. The van der Waals surface area contributed by atoms with Crippen LogP contribution >= 0.6 is 0 Å². The molecule has 118 valence electrons. The van der Waals surface area contributed by atoms with Crippen molar-refractivity contribution in [3.05, 3.63) is 47.4 Å². The summed E-state index contributed by atoms with van der Waals surface area (Å²) in [7, 11) is 0. The van der Waals surface area contributed by atoms with Gasteiger partial charge in [-0.05, 0) is 38.0 Å². The second-order valence-corrected chi connectivity index (χ2v) is 5.83. The predicted molar refractivity (Wildman–Crippen MR) is 86.2 cm³/mol. The zero-order chi connectivity index (χ0) is 16.3. The van der Waals surface area contributed by atoms with Crippen LogP contribution in [0.4, 0.5) is 0 Å². The number of aromatic nitrogens is 2. The molecule has 0 aromatic carbocycles. The minimum Gasteiger partial charge on any atom is -0.391 e. The summed E-state index contributed by atoms with van der Waals surface area (Å²) in [4.78, 5) is 16.7. The van der Waals surface area contributed by atoms with Crippen molar-refractivity contribution < 1.29 is 9.90 Å². The molecule has 5 nitrogen and oxygen atoms in total. The van der Waals surface area contributed by atoms with Crippen molar-refractivity contribution in [1.82, 2.24) is 14.9 Å². The van der Waals surface area contributed by atoms with Gasteiger partial charge in [-0.2, -0.15) is 0 Å². The molecule has 0 aliphatic carbocycles. The van der Waals surface area contributed by atoms with Crippen molar-refractivity contribution in [2.24, 2.45) is 5.92 Å². The van der Waals surface area contributed by atoms with Crippen LogP contribution in [0.3, 0.4) is 0 Å². The van der Waals surface area contributed by atoms with Crippen LogP contribution in [0.1, 0.15) is 35.6 Å². The van der Waals surface area contributed by atoms with Crippen molar-refractivity contribution in [3.63, 3.8) is 0 Å². The van der Waals surface area contributed by atoms with Crippen LogP contribution in [0.15, 0.2) is 30.5 Å². The molecule has 0 bridgehead atoms. The SMILES string of the molecule is Cc1cc(C(=O)NCC(O)C(C)C)c(C)n1-c1ccccn1. The summed E-state index contributed by atoms with van der Waals surface area (Å²) in [6.07, 6.45) is 1.19. The number of aryl methyl sites for hydroxylation is 1. The first-order valence-corrected chi connectivity index (χ1v) is 7.48. The van der Waals surface area contributed by atoms with Crippen molar-refractivity contribution in [3.8, 4) is 5.82 Å². The number of pyridine rings is 1. The molecule has 2 rings (SSSR count). The van der Waals surface area contributed by atoms with Gasteiger partial charge in [0.1, 0.15) is 5.82 Å². The monoisotopic (exact) mass is 301 g/mol. The van der Waals surface area contributed by atoms with Gasteiger partial charge in [0.25, 0.3) is 5.91 Å². The van der Waals surface area contributed by atoms with Gasteiger partial charge >= 0.3 is 0 Å². The highest BCUT2D eigenvalue weighted by molar-refractivity contribution is 5.95. The van der Waals surface area contributed by atoms with Crippen LogP contribution in [0.2, 0.25) is 0 Å². The molecule has 0 radical (unpaired) electrons. The van der Waals surface area contributed by atoms with Gasteiger partial charge in [-0.25, -0.2) is 4.98 Å². The van der Waals surface area contributed by atoms with E-state index in [-0.39, 0.29) is 18.4 Å². The highest BCUT2D eigenvalue weighted by atomic mass is 16.3. The standard InChI is InChI=1S/C17H23N3O2/c1-11(2)15(21)10-19-17(22)14-9-12(3)20(13(14)4)16-7-5-6-8-18-16/h5-9,11,15,21H,10H2,1-4H3,(H,19,22). The van der Waals surface area contributed by atoms with Crippen LogP contribution in [-0.2, 0) is 0 Å². The number of amides is 1. The van der Waals surface area contributed by atoms with Gasteiger partial charge < -0.3 is 15.0 Å². The normalized spacial score (nSPS) is 12.5. The Bertz CT molecular complexity index is 647. The third-order valence-corrected chi connectivity index (χ3v) is 3.80. The molecule has 0 aliphatic rings. The molecule has 22 heavy (non-hydrogen) atoms. The molecule has 1 unspecified atom stereocenters. The Morgan fingerprint density at radius 2 is 2.09 bits per heavy atom. The maximum atomic E-state index is 12.3. The largest absolute Gasteiger partial charge is 0.391 e. The Morgan fingerprint density at radius 1 is 1.36 bits per heavy atom. The van der Waals surface area contributed by atoms with E-state index in [1.54, 1.807) is 6.20 Å². The highest BCUT2D eigenvalue weighted by Gasteiger charge is 2.18. The predicted octanol–water partition coefficient (Wildman–Crippen LogP) is 2.24. The summed E-state index contributed by atoms with van der Waals surface area (Å²) in [5, 5.41) is 12.6. The molecule has 0 saturated carbocycles. The van der Waals surface area contributed by atoms with Gasteiger partial charge in [-0.1, -0.05) is 19.9 Å². The smallest absolute Gasteiger partial charge is 0.253 e. The van der Waals surface area contributed by atoms with Crippen LogP contribution < -0.4 is 5.32 Å². The Labute approximate surface area is 131 Å². The minimum absolute atomic E-state index is 0.112. The number of nitrogens with one attached hydrogen (secondary N) is 1. The Morgan fingerprint density at radius 3 is 2.68 bits per heavy atom. The minimum atomic E-state index is -0.539. The quantitative estimate of drug-likeness (QED) is 0.890. The summed E-state index contributed by atoms with van der Waals surface area (Å²) in [5.74, 6) is 0.731. The van der Waals surface area contributed by atoms with Crippen molar-refractivity contribution in [1.29, 1.82) is 0 Å². The summed E-state index contributed by atoms with van der Waals surface area (Å²) >= 11 is 0. The lowest BCUT2D eigenvalue weighted by atomic mass is 10.1. The van der Waals surface area contributed by atoms with Crippen LogP contribution in [0, 0.1) is 19.8 Å². The molecule has 2 N–H and O–H groups in total. The van der Waals surface area contributed by atoms with E-state index in [0.29, 0.717) is 5.56 Å². The Hall–Kier alpha value is -2.14. The maximum absolute atomic E-state index is 12.3. The zero-order valence-electron chi connectivity index (χ0n) is 13.5. The number of carbonyl (C=O) groups excluding carboxylic acids is 1. The fourth-order valence-corrected chi connectivity index (χ4v) is 2.36. The van der Waals surface area contributed by atoms with Gasteiger partial charge in [-0.15, -0.1) is 0 Å². The van der Waals surface area contributed by atoms with Crippen molar-refractivity contribution >= 4 is 5.91 Å². The molecular formula is C17H23N3O2. The molecule has 1 amide bonds. The zero-order valence-corrected chi connectivity index (χ0v) is 13.5. The molecule has 2 heterocycles. The van der Waals surface area contributed by atoms with E-state index in [1.807, 2.05) is 56.5 Å². The summed E-state index contributed by atoms with van der Waals surface area (Å²) in [6, 6.07) is 7.53. The van der Waals surface area contributed by atoms with E-state index in [2.05, 4.69) is 10.3 Å².